The lowest BCUT2D eigenvalue weighted by Crippen LogP contribution is -2.39. The van der Waals surface area contributed by atoms with E-state index in [1.807, 2.05) is 37.3 Å². The highest BCUT2D eigenvalue weighted by Crippen LogP contribution is 2.08. The summed E-state index contributed by atoms with van der Waals surface area (Å²) in [5.41, 5.74) is 1.08. The molecule has 0 saturated heterocycles. The summed E-state index contributed by atoms with van der Waals surface area (Å²) in [5.74, 6) is 0. The summed E-state index contributed by atoms with van der Waals surface area (Å²) in [7, 11) is 0. The first-order valence-electron chi connectivity index (χ1n) is 5.63. The van der Waals surface area contributed by atoms with Crippen molar-refractivity contribution in [3.8, 4) is 0 Å². The van der Waals surface area contributed by atoms with Crippen molar-refractivity contribution in [1.29, 1.82) is 0 Å². The minimum Gasteiger partial charge on any atom is -0.449 e. The molecule has 0 saturated carbocycles. The van der Waals surface area contributed by atoms with Gasteiger partial charge in [0.05, 0.1) is 6.61 Å². The van der Waals surface area contributed by atoms with Crippen LogP contribution in [0.5, 0.6) is 0 Å². The fourth-order valence-corrected chi connectivity index (χ4v) is 1.58. The standard InChI is InChI=1S/C13H17NO3/c1-3-17-13(16)14(10-15)11(2)9-12-7-5-4-6-8-12/h4-8,10-11H,3,9H2,1-2H3/t11-/m0/s1. The summed E-state index contributed by atoms with van der Waals surface area (Å²) in [6.45, 7) is 3.79. The molecule has 4 nitrogen and oxygen atoms in total. The van der Waals surface area contributed by atoms with Crippen LogP contribution in [0, 0.1) is 0 Å². The van der Waals surface area contributed by atoms with Crippen molar-refractivity contribution in [3.63, 3.8) is 0 Å². The van der Waals surface area contributed by atoms with Gasteiger partial charge in [0.15, 0.2) is 0 Å². The monoisotopic (exact) mass is 235 g/mol. The second-order valence-corrected chi connectivity index (χ2v) is 3.75. The van der Waals surface area contributed by atoms with Gasteiger partial charge in [0.2, 0.25) is 6.41 Å². The maximum Gasteiger partial charge on any atom is 0.416 e. The first kappa shape index (κ1) is 13.2. The van der Waals surface area contributed by atoms with E-state index >= 15 is 0 Å². The summed E-state index contributed by atoms with van der Waals surface area (Å²) in [4.78, 5) is 23.4. The predicted octanol–water partition coefficient (Wildman–Crippen LogP) is 2.23. The van der Waals surface area contributed by atoms with E-state index in [-0.39, 0.29) is 12.6 Å². The Morgan fingerprint density at radius 3 is 2.59 bits per heavy atom. The predicted molar refractivity (Wildman–Crippen MR) is 64.5 cm³/mol. The number of nitrogens with zero attached hydrogens (tertiary/aromatic N) is 1. The Morgan fingerprint density at radius 2 is 2.06 bits per heavy atom. The summed E-state index contributed by atoms with van der Waals surface area (Å²) < 4.78 is 4.81. The normalized spacial score (nSPS) is 11.6. The lowest BCUT2D eigenvalue weighted by molar-refractivity contribution is -0.118. The van der Waals surface area contributed by atoms with E-state index in [1.165, 1.54) is 0 Å². The summed E-state index contributed by atoms with van der Waals surface area (Å²) in [6, 6.07) is 9.50. The molecule has 0 N–H and O–H groups in total. The van der Waals surface area contributed by atoms with Crippen LogP contribution >= 0.6 is 0 Å². The highest BCUT2D eigenvalue weighted by molar-refractivity contribution is 5.80. The molecule has 1 rings (SSSR count). The van der Waals surface area contributed by atoms with Crippen LogP contribution in [0.25, 0.3) is 0 Å². The molecule has 0 aliphatic heterocycles. The molecule has 0 unspecified atom stereocenters. The second kappa shape index (κ2) is 6.68. The van der Waals surface area contributed by atoms with Crippen molar-refractivity contribution in [2.75, 3.05) is 6.61 Å². The van der Waals surface area contributed by atoms with Crippen molar-refractivity contribution in [2.45, 2.75) is 26.3 Å². The van der Waals surface area contributed by atoms with Gasteiger partial charge in [-0.2, -0.15) is 0 Å². The van der Waals surface area contributed by atoms with Crippen molar-refractivity contribution in [2.24, 2.45) is 0 Å². The largest absolute Gasteiger partial charge is 0.449 e. The summed E-state index contributed by atoms with van der Waals surface area (Å²) in [5, 5.41) is 0. The Labute approximate surface area is 101 Å². The van der Waals surface area contributed by atoms with E-state index in [0.717, 1.165) is 10.5 Å². The highest BCUT2D eigenvalue weighted by atomic mass is 16.6. The summed E-state index contributed by atoms with van der Waals surface area (Å²) in [6.07, 6.45) is 0.551. The van der Waals surface area contributed by atoms with Gasteiger partial charge in [0.1, 0.15) is 0 Å². The highest BCUT2D eigenvalue weighted by Gasteiger charge is 2.20. The average molecular weight is 235 g/mol. The van der Waals surface area contributed by atoms with Crippen LogP contribution in [0.2, 0.25) is 0 Å². The van der Waals surface area contributed by atoms with E-state index in [1.54, 1.807) is 6.92 Å². The Kier molecular flexibility index (Phi) is 5.20. The van der Waals surface area contributed by atoms with Crippen molar-refractivity contribution >= 4 is 12.5 Å². The molecule has 0 aromatic heterocycles. The molecule has 2 amide bonds. The summed E-state index contributed by atoms with van der Waals surface area (Å²) >= 11 is 0. The fourth-order valence-electron chi connectivity index (χ4n) is 1.58. The van der Waals surface area contributed by atoms with Crippen LogP contribution < -0.4 is 0 Å². The van der Waals surface area contributed by atoms with Crippen molar-refractivity contribution < 1.29 is 14.3 Å². The van der Waals surface area contributed by atoms with E-state index in [9.17, 15) is 9.59 Å². The van der Waals surface area contributed by atoms with Crippen LogP contribution in [0.3, 0.4) is 0 Å². The number of imide groups is 1. The van der Waals surface area contributed by atoms with E-state index in [0.29, 0.717) is 12.8 Å². The number of amides is 2. The zero-order valence-corrected chi connectivity index (χ0v) is 10.1. The maximum atomic E-state index is 11.5. The minimum absolute atomic E-state index is 0.214. The molecule has 17 heavy (non-hydrogen) atoms. The molecular weight excluding hydrogens is 218 g/mol. The molecule has 92 valence electrons. The Hall–Kier alpha value is -1.84. The van der Waals surface area contributed by atoms with E-state index in [2.05, 4.69) is 0 Å². The molecule has 1 aromatic rings. The number of carbonyl (C=O) groups is 2. The topological polar surface area (TPSA) is 46.6 Å². The molecule has 4 heteroatoms. The Balaban J connectivity index is 2.64. The zero-order valence-electron chi connectivity index (χ0n) is 10.1. The number of rotatable bonds is 5. The number of carbonyl (C=O) groups excluding carboxylic acids is 2. The van der Waals surface area contributed by atoms with Gasteiger partial charge in [-0.3, -0.25) is 4.79 Å². The molecule has 1 aromatic carbocycles. The average Bonchev–Trinajstić information content (AvgIpc) is 2.31. The molecule has 0 aliphatic rings. The smallest absolute Gasteiger partial charge is 0.416 e. The SMILES string of the molecule is CCOC(=O)N(C=O)[C@@H](C)Cc1ccccc1. The van der Waals surface area contributed by atoms with Crippen LogP contribution in [0.15, 0.2) is 30.3 Å². The Morgan fingerprint density at radius 1 is 1.41 bits per heavy atom. The van der Waals surface area contributed by atoms with Gasteiger partial charge in [-0.1, -0.05) is 30.3 Å². The Bertz CT molecular complexity index is 364. The third-order valence-electron chi connectivity index (χ3n) is 2.44. The second-order valence-electron chi connectivity index (χ2n) is 3.75. The van der Waals surface area contributed by atoms with Crippen LogP contribution in [-0.4, -0.2) is 30.1 Å². The third kappa shape index (κ3) is 3.90. The lowest BCUT2D eigenvalue weighted by atomic mass is 10.1. The molecule has 0 heterocycles. The lowest BCUT2D eigenvalue weighted by Gasteiger charge is -2.22. The van der Waals surface area contributed by atoms with Gasteiger partial charge in [-0.05, 0) is 25.8 Å². The molecule has 0 fully saturated rings. The van der Waals surface area contributed by atoms with Gasteiger partial charge in [0, 0.05) is 6.04 Å². The van der Waals surface area contributed by atoms with Crippen molar-refractivity contribution in [1.82, 2.24) is 4.90 Å². The molecular formula is C13H17NO3. The van der Waals surface area contributed by atoms with Crippen LogP contribution in [-0.2, 0) is 16.0 Å². The van der Waals surface area contributed by atoms with Gasteiger partial charge in [-0.25, -0.2) is 9.69 Å². The third-order valence-corrected chi connectivity index (χ3v) is 2.44. The number of benzene rings is 1. The maximum absolute atomic E-state index is 11.5. The quantitative estimate of drug-likeness (QED) is 0.735. The van der Waals surface area contributed by atoms with Gasteiger partial charge in [-0.15, -0.1) is 0 Å². The van der Waals surface area contributed by atoms with Gasteiger partial charge in [0.25, 0.3) is 0 Å². The van der Waals surface area contributed by atoms with Crippen LogP contribution in [0.4, 0.5) is 4.79 Å². The van der Waals surface area contributed by atoms with Crippen LogP contribution in [0.1, 0.15) is 19.4 Å². The first-order valence-corrected chi connectivity index (χ1v) is 5.63. The number of hydrogen-bond acceptors (Lipinski definition) is 3. The van der Waals surface area contributed by atoms with Gasteiger partial charge >= 0.3 is 6.09 Å². The van der Waals surface area contributed by atoms with E-state index in [4.69, 9.17) is 4.74 Å². The number of ether oxygens (including phenoxy) is 1. The van der Waals surface area contributed by atoms with Gasteiger partial charge < -0.3 is 4.74 Å². The molecule has 0 spiro atoms. The molecule has 0 radical (unpaired) electrons. The first-order chi connectivity index (χ1) is 8.19. The number of hydrogen-bond donors (Lipinski definition) is 0. The molecule has 0 aliphatic carbocycles. The van der Waals surface area contributed by atoms with E-state index < -0.39 is 6.09 Å². The zero-order chi connectivity index (χ0) is 12.7. The molecule has 1 atom stereocenters. The fraction of sp³-hybridized carbons (Fsp3) is 0.385. The molecule has 0 bridgehead atoms. The van der Waals surface area contributed by atoms with Crippen molar-refractivity contribution in [3.05, 3.63) is 35.9 Å². The minimum atomic E-state index is -0.592.